The number of nitrogens with one attached hydrogen (secondary N) is 1. The molecule has 270 valence electrons. The second kappa shape index (κ2) is 14.4. The molecule has 0 radical (unpaired) electrons. The fraction of sp³-hybridized carbons (Fsp3) is 0.306. The van der Waals surface area contributed by atoms with E-state index in [4.69, 9.17) is 4.74 Å². The Balaban J connectivity index is 1.15. The van der Waals surface area contributed by atoms with Crippen molar-refractivity contribution in [3.63, 3.8) is 0 Å². The molecule has 0 spiro atoms. The normalized spacial score (nSPS) is 15.2. The lowest BCUT2D eigenvalue weighted by Crippen LogP contribution is -2.49. The number of halogens is 4. The van der Waals surface area contributed by atoms with E-state index >= 15 is 4.39 Å². The van der Waals surface area contributed by atoms with Crippen LogP contribution in [0.25, 0.3) is 27.6 Å². The minimum atomic E-state index is -4.87. The Morgan fingerprint density at radius 1 is 0.942 bits per heavy atom. The lowest BCUT2D eigenvalue weighted by molar-refractivity contribution is -0.276. The fourth-order valence-electron chi connectivity index (χ4n) is 6.64. The molecule has 7 rings (SSSR count). The predicted octanol–water partition coefficient (Wildman–Crippen LogP) is 5.54. The van der Waals surface area contributed by atoms with Crippen molar-refractivity contribution in [2.45, 2.75) is 25.7 Å². The Hall–Kier alpha value is -5.93. The number of piperazine rings is 1. The van der Waals surface area contributed by atoms with Crippen LogP contribution >= 0.6 is 0 Å². The number of aryl methyl sites for hydroxylation is 1. The summed E-state index contributed by atoms with van der Waals surface area (Å²) < 4.78 is 66.1. The van der Waals surface area contributed by atoms with Gasteiger partial charge in [-0.15, -0.1) is 18.3 Å². The smallest absolute Gasteiger partial charge is 0.496 e. The van der Waals surface area contributed by atoms with Crippen molar-refractivity contribution in [1.82, 2.24) is 34.8 Å². The van der Waals surface area contributed by atoms with E-state index in [-0.39, 0.29) is 49.1 Å². The number of nitrogens with zero attached hydrogens (tertiary/aromatic N) is 7. The van der Waals surface area contributed by atoms with Gasteiger partial charge < -0.3 is 29.2 Å². The Morgan fingerprint density at radius 3 is 2.50 bits per heavy atom. The topological polar surface area (TPSA) is 122 Å². The average Bonchev–Trinajstić information content (AvgIpc) is 3.85. The molecule has 2 aliphatic heterocycles. The zero-order valence-corrected chi connectivity index (χ0v) is 28.1. The summed E-state index contributed by atoms with van der Waals surface area (Å²) in [4.78, 5) is 39.1. The number of pyridine rings is 1. The van der Waals surface area contributed by atoms with Gasteiger partial charge in [0.25, 0.3) is 5.91 Å². The first kappa shape index (κ1) is 34.5. The van der Waals surface area contributed by atoms with E-state index in [9.17, 15) is 22.8 Å². The molecule has 5 aromatic rings. The number of para-hydroxylation sites is 1. The number of H-pyrrole nitrogens is 1. The molecule has 12 nitrogen and oxygen atoms in total. The van der Waals surface area contributed by atoms with E-state index in [1.165, 1.54) is 6.07 Å². The molecule has 0 bridgehead atoms. The lowest BCUT2D eigenvalue weighted by atomic mass is 9.93. The highest BCUT2D eigenvalue weighted by atomic mass is 19.4. The number of hydrogen-bond acceptors (Lipinski definition) is 8. The van der Waals surface area contributed by atoms with Gasteiger partial charge in [0.2, 0.25) is 11.8 Å². The maximum absolute atomic E-state index is 16.6. The zero-order valence-electron chi connectivity index (χ0n) is 28.1. The lowest BCUT2D eigenvalue weighted by Gasteiger charge is -2.35. The number of rotatable bonds is 9. The van der Waals surface area contributed by atoms with Crippen molar-refractivity contribution in [3.8, 4) is 22.8 Å². The molecule has 0 saturated carbocycles. The minimum Gasteiger partial charge on any atom is -0.496 e. The number of benzene rings is 2. The number of amides is 2. The molecule has 16 heteroatoms. The quantitative estimate of drug-likeness (QED) is 0.198. The third kappa shape index (κ3) is 7.27. The number of ether oxygens (including phenoxy) is 2. The molecule has 5 heterocycles. The summed E-state index contributed by atoms with van der Waals surface area (Å²) in [5.74, 6) is -0.701. The number of aromatic nitrogens is 5. The number of alkyl halides is 3. The molecule has 0 unspecified atom stereocenters. The summed E-state index contributed by atoms with van der Waals surface area (Å²) in [6, 6.07) is 14.8. The van der Waals surface area contributed by atoms with E-state index in [2.05, 4.69) is 25.0 Å². The van der Waals surface area contributed by atoms with Gasteiger partial charge in [0.05, 0.1) is 25.4 Å². The summed E-state index contributed by atoms with van der Waals surface area (Å²) >= 11 is 0. The van der Waals surface area contributed by atoms with Gasteiger partial charge in [0.1, 0.15) is 17.3 Å². The van der Waals surface area contributed by atoms with Gasteiger partial charge in [0.15, 0.2) is 5.82 Å². The van der Waals surface area contributed by atoms with Gasteiger partial charge >= 0.3 is 6.36 Å². The number of hydrogen-bond donors (Lipinski definition) is 1. The van der Waals surface area contributed by atoms with Gasteiger partial charge in [-0.1, -0.05) is 35.6 Å². The van der Waals surface area contributed by atoms with E-state index in [1.54, 1.807) is 63.2 Å². The van der Waals surface area contributed by atoms with Crippen molar-refractivity contribution < 1.29 is 36.6 Å². The number of fused-ring (bicyclic) bond motifs is 1. The zero-order chi connectivity index (χ0) is 36.4. The van der Waals surface area contributed by atoms with Crippen molar-refractivity contribution in [1.29, 1.82) is 0 Å². The van der Waals surface area contributed by atoms with Gasteiger partial charge in [0, 0.05) is 74.5 Å². The highest BCUT2D eigenvalue weighted by molar-refractivity contribution is 6.05. The fourth-order valence-corrected chi connectivity index (χ4v) is 6.64. The molecule has 2 aromatic carbocycles. The number of carbonyl (C=O) groups is 2. The molecule has 1 fully saturated rings. The van der Waals surface area contributed by atoms with Crippen LogP contribution in [0.3, 0.4) is 0 Å². The third-order valence-electron chi connectivity index (χ3n) is 9.18. The molecule has 0 aliphatic carbocycles. The Morgan fingerprint density at radius 2 is 1.75 bits per heavy atom. The highest BCUT2D eigenvalue weighted by Gasteiger charge is 2.32. The van der Waals surface area contributed by atoms with Gasteiger partial charge in [-0.2, -0.15) is 4.98 Å². The first-order valence-corrected chi connectivity index (χ1v) is 16.6. The van der Waals surface area contributed by atoms with E-state index in [1.807, 2.05) is 24.3 Å². The Labute approximate surface area is 295 Å². The standard InChI is InChI=1S/C36H34F4N8O4/c1-51-29-8-3-2-7-24(29)26-20-25(23-6-5-13-47(22-23)32(49)11-14-48-15-12-41-44-48)33(37)34-27(26)21-28(42-34)35(50)46-18-16-45(17-19-46)30-9-4-10-31(43-30)52-36(38,39)40/h2-4,6-10,12,15,20-21,42H,5,11,13-14,16-19,22H2,1H3. The van der Waals surface area contributed by atoms with Crippen LogP contribution in [0, 0.1) is 5.82 Å². The van der Waals surface area contributed by atoms with Crippen LogP contribution in [0.1, 0.15) is 28.9 Å². The maximum Gasteiger partial charge on any atom is 0.574 e. The first-order valence-electron chi connectivity index (χ1n) is 16.6. The summed E-state index contributed by atoms with van der Waals surface area (Å²) in [5, 5.41) is 8.17. The van der Waals surface area contributed by atoms with Crippen molar-refractivity contribution in [3.05, 3.63) is 90.1 Å². The van der Waals surface area contributed by atoms with Crippen LogP contribution in [0.5, 0.6) is 11.6 Å². The average molecular weight is 719 g/mol. The van der Waals surface area contributed by atoms with Crippen LogP contribution in [-0.2, 0) is 11.3 Å². The molecule has 52 heavy (non-hydrogen) atoms. The predicted molar refractivity (Wildman–Crippen MR) is 183 cm³/mol. The summed E-state index contributed by atoms with van der Waals surface area (Å²) in [7, 11) is 1.55. The van der Waals surface area contributed by atoms with Crippen LogP contribution in [0.4, 0.5) is 23.4 Å². The van der Waals surface area contributed by atoms with E-state index in [0.29, 0.717) is 71.8 Å². The SMILES string of the molecule is COc1ccccc1-c1cc(C2=CCCN(C(=O)CCn3ccnn3)C2)c(F)c2[nH]c(C(=O)N3CCN(c4cccc(OC(F)(F)F)n4)CC3)cc12. The summed E-state index contributed by atoms with van der Waals surface area (Å²) in [5.41, 5.74) is 2.61. The van der Waals surface area contributed by atoms with Crippen molar-refractivity contribution >= 4 is 34.1 Å². The second-order valence-electron chi connectivity index (χ2n) is 12.4. The van der Waals surface area contributed by atoms with Crippen molar-refractivity contribution in [2.75, 3.05) is 51.3 Å². The Kier molecular flexibility index (Phi) is 9.53. The highest BCUT2D eigenvalue weighted by Crippen LogP contribution is 2.40. The number of aromatic amines is 1. The molecule has 3 aromatic heterocycles. The number of anilines is 1. The van der Waals surface area contributed by atoms with Crippen LogP contribution in [-0.4, -0.2) is 99.3 Å². The molecule has 1 N–H and O–H groups in total. The molecular weight excluding hydrogens is 684 g/mol. The maximum atomic E-state index is 16.6. The van der Waals surface area contributed by atoms with Gasteiger partial charge in [-0.05, 0) is 41.8 Å². The molecule has 2 amide bonds. The summed E-state index contributed by atoms with van der Waals surface area (Å²) in [6.07, 6.45) is 1.07. The first-order chi connectivity index (χ1) is 25.1. The van der Waals surface area contributed by atoms with Gasteiger partial charge in [-0.3, -0.25) is 14.3 Å². The van der Waals surface area contributed by atoms with Crippen molar-refractivity contribution in [2.24, 2.45) is 0 Å². The summed E-state index contributed by atoms with van der Waals surface area (Å²) in [6.45, 7) is 2.20. The van der Waals surface area contributed by atoms with E-state index in [0.717, 1.165) is 6.07 Å². The molecule has 1 saturated heterocycles. The van der Waals surface area contributed by atoms with Crippen LogP contribution in [0.15, 0.2) is 73.1 Å². The van der Waals surface area contributed by atoms with Crippen LogP contribution < -0.4 is 14.4 Å². The molecule has 0 atom stereocenters. The Bertz CT molecular complexity index is 2120. The monoisotopic (exact) mass is 718 g/mol. The molecule has 2 aliphatic rings. The number of methoxy groups -OCH3 is 1. The van der Waals surface area contributed by atoms with E-state index < -0.39 is 18.1 Å². The van der Waals surface area contributed by atoms with Crippen LogP contribution in [0.2, 0.25) is 0 Å². The third-order valence-corrected chi connectivity index (χ3v) is 9.18. The second-order valence-corrected chi connectivity index (χ2v) is 12.4. The van der Waals surface area contributed by atoms with Gasteiger partial charge in [-0.25, -0.2) is 4.39 Å². The largest absolute Gasteiger partial charge is 0.574 e. The molecular formula is C36H34F4N8O4. The number of carbonyl (C=O) groups excluding carboxylic acids is 2. The minimum absolute atomic E-state index is 0.0847.